The minimum absolute atomic E-state index is 0.0258. The third kappa shape index (κ3) is 6.56. The van der Waals surface area contributed by atoms with Crippen molar-refractivity contribution in [2.45, 2.75) is 62.2 Å². The highest BCUT2D eigenvalue weighted by Crippen LogP contribution is 2.46. The number of imide groups is 1. The van der Waals surface area contributed by atoms with Gasteiger partial charge in [0.15, 0.2) is 0 Å². The summed E-state index contributed by atoms with van der Waals surface area (Å²) >= 11 is 1.69. The molecule has 1 unspecified atom stereocenters. The third-order valence-corrected chi connectivity index (χ3v) is 8.68. The van der Waals surface area contributed by atoms with Gasteiger partial charge in [0, 0.05) is 35.9 Å². The smallest absolute Gasteiger partial charge is 0.351 e. The number of hydrogen-bond acceptors (Lipinski definition) is 9. The van der Waals surface area contributed by atoms with Gasteiger partial charge in [0.05, 0.1) is 16.3 Å². The van der Waals surface area contributed by atoms with Crippen LogP contribution in [0.15, 0.2) is 41.6 Å². The Labute approximate surface area is 225 Å². The second kappa shape index (κ2) is 11.5. The molecule has 1 saturated heterocycles. The Morgan fingerprint density at radius 1 is 1.08 bits per heavy atom. The lowest BCUT2D eigenvalue weighted by molar-refractivity contribution is -0.127. The molecule has 3 aliphatic rings. The first-order valence-electron chi connectivity index (χ1n) is 12.2. The largest absolute Gasteiger partial charge is 0.401 e. The Hall–Kier alpha value is -2.90. The average molecular weight is 563 g/mol. The van der Waals surface area contributed by atoms with E-state index in [0.29, 0.717) is 33.7 Å². The van der Waals surface area contributed by atoms with Crippen LogP contribution in [0.5, 0.6) is 0 Å². The number of alkyl halides is 3. The van der Waals surface area contributed by atoms with Gasteiger partial charge in [-0.1, -0.05) is 12.1 Å². The van der Waals surface area contributed by atoms with Crippen LogP contribution in [0.1, 0.15) is 49.1 Å². The Kier molecular flexibility index (Phi) is 8.05. The van der Waals surface area contributed by atoms with Crippen molar-refractivity contribution in [3.63, 3.8) is 0 Å². The van der Waals surface area contributed by atoms with Crippen LogP contribution in [0.25, 0.3) is 11.0 Å². The lowest BCUT2D eigenvalue weighted by Crippen LogP contribution is -2.37. The van der Waals surface area contributed by atoms with Gasteiger partial charge in [-0.2, -0.15) is 13.2 Å². The van der Waals surface area contributed by atoms with Crippen LogP contribution < -0.4 is 16.0 Å². The number of carbonyl (C=O) groups excluding carboxylic acids is 2. The molecule has 13 heteroatoms. The van der Waals surface area contributed by atoms with Crippen molar-refractivity contribution >= 4 is 51.6 Å². The van der Waals surface area contributed by atoms with E-state index in [9.17, 15) is 22.8 Å². The van der Waals surface area contributed by atoms with Crippen molar-refractivity contribution in [1.82, 2.24) is 25.6 Å². The fourth-order valence-corrected chi connectivity index (χ4v) is 6.36. The maximum absolute atomic E-state index is 13.1. The second-order valence-corrected chi connectivity index (χ2v) is 11.5. The molecular formula is C25H25F3N6O2S2. The zero-order valence-corrected chi connectivity index (χ0v) is 21.8. The lowest BCUT2D eigenvalue weighted by Gasteiger charge is -2.30. The molecule has 0 spiro atoms. The van der Waals surface area contributed by atoms with Crippen molar-refractivity contribution in [2.75, 3.05) is 5.32 Å². The van der Waals surface area contributed by atoms with E-state index in [2.05, 4.69) is 30.9 Å². The molecule has 8 nitrogen and oxygen atoms in total. The summed E-state index contributed by atoms with van der Waals surface area (Å²) in [5, 5.41) is 7.32. The number of amides is 2. The molecule has 2 aliphatic heterocycles. The molecule has 1 aliphatic carbocycles. The summed E-state index contributed by atoms with van der Waals surface area (Å²) in [6, 6.07) is 5.86. The van der Waals surface area contributed by atoms with Crippen LogP contribution >= 0.6 is 23.5 Å². The van der Waals surface area contributed by atoms with Crippen LogP contribution in [0.4, 0.5) is 23.9 Å². The Morgan fingerprint density at radius 3 is 2.58 bits per heavy atom. The summed E-state index contributed by atoms with van der Waals surface area (Å²) in [6.07, 6.45) is 5.81. The molecule has 4 heterocycles. The van der Waals surface area contributed by atoms with Crippen molar-refractivity contribution in [2.24, 2.45) is 0 Å². The first-order valence-corrected chi connectivity index (χ1v) is 13.9. The molecule has 38 heavy (non-hydrogen) atoms. The number of hydrogen-bond donors (Lipinski definition) is 3. The van der Waals surface area contributed by atoms with Gasteiger partial charge in [-0.05, 0) is 67.6 Å². The second-order valence-electron chi connectivity index (χ2n) is 9.19. The molecule has 2 amide bonds. The first-order chi connectivity index (χ1) is 18.2. The van der Waals surface area contributed by atoms with Crippen LogP contribution in [0.3, 0.4) is 0 Å². The number of nitrogens with zero attached hydrogens (tertiary/aromatic N) is 3. The van der Waals surface area contributed by atoms with Gasteiger partial charge < -0.3 is 10.6 Å². The van der Waals surface area contributed by atoms with Gasteiger partial charge in [-0.25, -0.2) is 9.97 Å². The highest BCUT2D eigenvalue weighted by Gasteiger charge is 2.43. The fourth-order valence-electron chi connectivity index (χ4n) is 4.58. The molecule has 0 bridgehead atoms. The molecule has 0 aromatic carbocycles. The first kappa shape index (κ1) is 26.7. The van der Waals surface area contributed by atoms with Gasteiger partial charge in [0.25, 0.3) is 11.1 Å². The van der Waals surface area contributed by atoms with Crippen molar-refractivity contribution < 1.29 is 22.8 Å². The van der Waals surface area contributed by atoms with Crippen molar-refractivity contribution in [3.8, 4) is 0 Å². The maximum atomic E-state index is 13.1. The lowest BCUT2D eigenvalue weighted by atomic mass is 9.91. The van der Waals surface area contributed by atoms with Gasteiger partial charge >= 0.3 is 6.18 Å². The number of rotatable bonds is 7. The molecule has 2 fully saturated rings. The van der Waals surface area contributed by atoms with E-state index >= 15 is 0 Å². The molecule has 0 radical (unpaired) electrons. The number of pyridine rings is 1. The van der Waals surface area contributed by atoms with Gasteiger partial charge in [-0.3, -0.25) is 19.9 Å². The fraction of sp³-hybridized carbons (Fsp3) is 0.400. The molecule has 1 atom stereocenters. The number of nitrogens with one attached hydrogen (secondary N) is 3. The topological polar surface area (TPSA) is 109 Å². The van der Waals surface area contributed by atoms with Gasteiger partial charge in [-0.15, -0.1) is 11.8 Å². The molecular weight excluding hydrogens is 537 g/mol. The standard InChI is InChI=1S/C25H25F3N6O2S2/c26-25(27,28)20-8-7-18(37-20)21-14(2-1-10-29-21)13-31-15-3-5-16(6-4-15)32-23-30-11-9-17(33-23)12-19-22(35)34-24(36)38-19/h1-2,7,9-12,15-16,20,31H,3-6,8,13H2,(H,30,32,33)(H,34,35,36)/b19-12-/t15-,16-,20?. The summed E-state index contributed by atoms with van der Waals surface area (Å²) in [5.41, 5.74) is 2.05. The van der Waals surface area contributed by atoms with Crippen LogP contribution in [0, 0.1) is 0 Å². The van der Waals surface area contributed by atoms with Crippen LogP contribution in [0.2, 0.25) is 0 Å². The van der Waals surface area contributed by atoms with E-state index in [1.165, 1.54) is 0 Å². The van der Waals surface area contributed by atoms with E-state index in [1.54, 1.807) is 30.6 Å². The summed E-state index contributed by atoms with van der Waals surface area (Å²) < 4.78 is 39.3. The molecule has 2 aromatic heterocycles. The van der Waals surface area contributed by atoms with Gasteiger partial charge in [0.2, 0.25) is 5.95 Å². The van der Waals surface area contributed by atoms with E-state index in [-0.39, 0.29) is 18.5 Å². The Balaban J connectivity index is 1.12. The minimum atomic E-state index is -4.22. The summed E-state index contributed by atoms with van der Waals surface area (Å²) in [7, 11) is 0. The highest BCUT2D eigenvalue weighted by atomic mass is 32.2. The minimum Gasteiger partial charge on any atom is -0.351 e. The monoisotopic (exact) mass is 562 g/mol. The average Bonchev–Trinajstić information content (AvgIpc) is 3.51. The third-order valence-electron chi connectivity index (χ3n) is 6.52. The van der Waals surface area contributed by atoms with E-state index in [1.807, 2.05) is 12.1 Å². The van der Waals surface area contributed by atoms with Crippen molar-refractivity contribution in [3.05, 3.63) is 58.5 Å². The zero-order chi connectivity index (χ0) is 26.7. The molecule has 200 valence electrons. The summed E-state index contributed by atoms with van der Waals surface area (Å²) in [6.45, 7) is 0.536. The molecule has 1 saturated carbocycles. The zero-order valence-electron chi connectivity index (χ0n) is 20.1. The number of thioether (sulfide) groups is 2. The Bertz CT molecular complexity index is 1280. The number of allylic oxidation sites excluding steroid dienone is 1. The normalized spacial score (nSPS) is 25.0. The number of aromatic nitrogens is 3. The van der Waals surface area contributed by atoms with E-state index < -0.39 is 22.6 Å². The van der Waals surface area contributed by atoms with E-state index in [4.69, 9.17) is 0 Å². The number of carbonyl (C=O) groups is 2. The van der Waals surface area contributed by atoms with Crippen molar-refractivity contribution in [1.29, 1.82) is 0 Å². The van der Waals surface area contributed by atoms with E-state index in [0.717, 1.165) is 54.8 Å². The predicted octanol–water partition coefficient (Wildman–Crippen LogP) is 5.12. The predicted molar refractivity (Wildman–Crippen MR) is 142 cm³/mol. The number of halogens is 3. The van der Waals surface area contributed by atoms with Crippen LogP contribution in [-0.2, 0) is 11.3 Å². The molecule has 2 aromatic rings. The van der Waals surface area contributed by atoms with Crippen LogP contribution in [-0.4, -0.2) is 49.6 Å². The molecule has 5 rings (SSSR count). The quantitative estimate of drug-likeness (QED) is 0.397. The summed E-state index contributed by atoms with van der Waals surface area (Å²) in [4.78, 5) is 37.1. The van der Waals surface area contributed by atoms with Gasteiger partial charge in [0.1, 0.15) is 5.25 Å². The SMILES string of the molecule is O=C1NC(=O)/C(=C/c2ccnc(N[C@H]3CC[C@H](NCc4cccnc4C4=CCC(C(F)(F)F)S4)CC3)n2)S1. The maximum Gasteiger partial charge on any atom is 0.401 e. The summed E-state index contributed by atoms with van der Waals surface area (Å²) in [5.74, 6) is 0.0339. The highest BCUT2D eigenvalue weighted by molar-refractivity contribution is 8.18. The molecule has 3 N–H and O–H groups in total. The Morgan fingerprint density at radius 2 is 1.87 bits per heavy atom. The number of anilines is 1.